The van der Waals surface area contributed by atoms with Crippen molar-refractivity contribution in [3.63, 3.8) is 0 Å². The lowest BCUT2D eigenvalue weighted by atomic mass is 10.1. The molecule has 2 aromatic heterocycles. The minimum absolute atomic E-state index is 0.0310. The zero-order valence-electron chi connectivity index (χ0n) is 30.7. The van der Waals surface area contributed by atoms with Crippen LogP contribution in [0.4, 0.5) is 0 Å². The SMILES string of the molecule is COc1cc(C(=O)c2cn(S(=O)(=O)c3ccccc3)c(-c3cnc(C(=O)c4cc(OC)c(OC)c(OC)c4)n3S(=O)(=O)c3ccccc3)n2)cc(OC)c1OC. The Bertz CT molecular complexity index is 2630. The first-order valence-corrected chi connectivity index (χ1v) is 19.2. The molecule has 0 aliphatic carbocycles. The van der Waals surface area contributed by atoms with Crippen molar-refractivity contribution in [1.82, 2.24) is 17.9 Å². The van der Waals surface area contributed by atoms with E-state index in [0.29, 0.717) is 7.94 Å². The molecule has 0 saturated heterocycles. The van der Waals surface area contributed by atoms with Crippen LogP contribution in [0.15, 0.2) is 107 Å². The first-order chi connectivity index (χ1) is 26.9. The third-order valence-corrected chi connectivity index (χ3v) is 11.9. The molecule has 0 radical (unpaired) electrons. The summed E-state index contributed by atoms with van der Waals surface area (Å²) in [6.45, 7) is 0. The Morgan fingerprint density at radius 1 is 0.571 bits per heavy atom. The topological polar surface area (TPSA) is 193 Å². The van der Waals surface area contributed by atoms with E-state index in [2.05, 4.69) is 9.97 Å². The molecule has 0 unspecified atom stereocenters. The third-order valence-electron chi connectivity index (χ3n) is 8.50. The number of imidazole rings is 2. The first kappa shape index (κ1) is 39.0. The van der Waals surface area contributed by atoms with Gasteiger partial charge in [0, 0.05) is 11.1 Å². The van der Waals surface area contributed by atoms with E-state index in [1.165, 1.54) is 115 Å². The van der Waals surface area contributed by atoms with Crippen LogP contribution in [0.5, 0.6) is 34.5 Å². The van der Waals surface area contributed by atoms with E-state index in [-0.39, 0.29) is 55.4 Å². The van der Waals surface area contributed by atoms with Gasteiger partial charge in [-0.25, -0.2) is 34.7 Å². The molecule has 0 fully saturated rings. The fraction of sp³-hybridized carbons (Fsp3) is 0.158. The van der Waals surface area contributed by atoms with Gasteiger partial charge >= 0.3 is 0 Å². The van der Waals surface area contributed by atoms with Gasteiger partial charge in [-0.05, 0) is 48.5 Å². The fourth-order valence-electron chi connectivity index (χ4n) is 5.82. The van der Waals surface area contributed by atoms with E-state index in [1.54, 1.807) is 12.1 Å². The van der Waals surface area contributed by atoms with Gasteiger partial charge in [0.15, 0.2) is 34.6 Å². The summed E-state index contributed by atoms with van der Waals surface area (Å²) in [4.78, 5) is 36.7. The average Bonchev–Trinajstić information content (AvgIpc) is 3.89. The molecule has 0 bridgehead atoms. The monoisotopic (exact) mass is 802 g/mol. The molecule has 0 aliphatic heterocycles. The van der Waals surface area contributed by atoms with E-state index in [4.69, 9.17) is 28.4 Å². The van der Waals surface area contributed by atoms with Crippen molar-refractivity contribution >= 4 is 31.6 Å². The van der Waals surface area contributed by atoms with Crippen molar-refractivity contribution in [2.75, 3.05) is 42.7 Å². The predicted octanol–water partition coefficient (Wildman–Crippen LogP) is 4.73. The number of hydrogen-bond acceptors (Lipinski definition) is 14. The number of methoxy groups -OCH3 is 6. The van der Waals surface area contributed by atoms with Crippen LogP contribution < -0.4 is 28.4 Å². The lowest BCUT2D eigenvalue weighted by Gasteiger charge is -2.15. The summed E-state index contributed by atoms with van der Waals surface area (Å²) in [6, 6.07) is 19.7. The largest absolute Gasteiger partial charge is 0.493 e. The highest BCUT2D eigenvalue weighted by Crippen LogP contribution is 2.41. The number of ketones is 2. The Morgan fingerprint density at radius 2 is 1.00 bits per heavy atom. The van der Waals surface area contributed by atoms with Crippen LogP contribution in [0.1, 0.15) is 32.2 Å². The lowest BCUT2D eigenvalue weighted by molar-refractivity contribution is 0.102. The number of carbonyl (C=O) groups excluding carboxylic acids is 2. The fourth-order valence-corrected chi connectivity index (χ4v) is 8.60. The molecule has 56 heavy (non-hydrogen) atoms. The zero-order valence-corrected chi connectivity index (χ0v) is 32.4. The van der Waals surface area contributed by atoms with Gasteiger partial charge in [-0.3, -0.25) is 9.59 Å². The van der Waals surface area contributed by atoms with Crippen molar-refractivity contribution in [2.24, 2.45) is 0 Å². The van der Waals surface area contributed by atoms with Crippen molar-refractivity contribution in [3.05, 3.63) is 120 Å². The molecular weight excluding hydrogens is 769 g/mol. The molecule has 2 heterocycles. The number of aromatic nitrogens is 4. The van der Waals surface area contributed by atoms with E-state index in [1.807, 2.05) is 0 Å². The summed E-state index contributed by atoms with van der Waals surface area (Å²) in [7, 11) is -1.19. The van der Waals surface area contributed by atoms with Gasteiger partial charge in [-0.15, -0.1) is 0 Å². The highest BCUT2D eigenvalue weighted by Gasteiger charge is 2.35. The average molecular weight is 803 g/mol. The van der Waals surface area contributed by atoms with Crippen molar-refractivity contribution in [2.45, 2.75) is 9.79 Å². The van der Waals surface area contributed by atoms with Gasteiger partial charge in [-0.1, -0.05) is 36.4 Å². The molecule has 0 saturated carbocycles. The molecule has 18 heteroatoms. The summed E-state index contributed by atoms with van der Waals surface area (Å²) in [5.41, 5.74) is -1.03. The zero-order chi connectivity index (χ0) is 40.4. The normalized spacial score (nSPS) is 11.5. The molecule has 290 valence electrons. The van der Waals surface area contributed by atoms with Gasteiger partial charge in [0.05, 0.1) is 64.8 Å². The molecule has 0 spiro atoms. The molecule has 4 aromatic carbocycles. The second kappa shape index (κ2) is 15.6. The number of hydrogen-bond donors (Lipinski definition) is 0. The number of rotatable bonds is 15. The summed E-state index contributed by atoms with van der Waals surface area (Å²) in [5.74, 6) is -2.09. The van der Waals surface area contributed by atoms with Crippen LogP contribution in [-0.4, -0.2) is 89.0 Å². The van der Waals surface area contributed by atoms with Crippen LogP contribution in [0.2, 0.25) is 0 Å². The maximum absolute atomic E-state index is 14.6. The van der Waals surface area contributed by atoms with E-state index in [0.717, 1.165) is 12.4 Å². The van der Waals surface area contributed by atoms with Gasteiger partial charge < -0.3 is 28.4 Å². The maximum atomic E-state index is 14.6. The minimum Gasteiger partial charge on any atom is -0.493 e. The molecular formula is C38H34N4O12S2. The van der Waals surface area contributed by atoms with Crippen molar-refractivity contribution in [1.29, 1.82) is 0 Å². The quantitative estimate of drug-likeness (QED) is 0.129. The van der Waals surface area contributed by atoms with Gasteiger partial charge in [0.25, 0.3) is 20.0 Å². The van der Waals surface area contributed by atoms with Crippen LogP contribution in [-0.2, 0) is 20.0 Å². The molecule has 0 amide bonds. The van der Waals surface area contributed by atoms with Crippen molar-refractivity contribution < 1.29 is 54.8 Å². The molecule has 6 rings (SSSR count). The maximum Gasteiger partial charge on any atom is 0.270 e. The first-order valence-electron chi connectivity index (χ1n) is 16.3. The van der Waals surface area contributed by atoms with Crippen LogP contribution in [0.25, 0.3) is 11.5 Å². The number of carbonyl (C=O) groups is 2. The summed E-state index contributed by atoms with van der Waals surface area (Å²) >= 11 is 0. The Morgan fingerprint density at radius 3 is 1.43 bits per heavy atom. The van der Waals surface area contributed by atoms with E-state index in [9.17, 15) is 26.4 Å². The summed E-state index contributed by atoms with van der Waals surface area (Å²) in [5, 5.41) is 0. The second-order valence-corrected chi connectivity index (χ2v) is 15.2. The number of nitrogens with zero attached hydrogens (tertiary/aromatic N) is 4. The Labute approximate surface area is 321 Å². The predicted molar refractivity (Wildman–Crippen MR) is 201 cm³/mol. The summed E-state index contributed by atoms with van der Waals surface area (Å²) < 4.78 is 91.5. The Hall–Kier alpha value is -6.66. The van der Waals surface area contributed by atoms with Crippen LogP contribution >= 0.6 is 0 Å². The number of ether oxygens (including phenoxy) is 6. The lowest BCUT2D eigenvalue weighted by Crippen LogP contribution is -2.22. The second-order valence-electron chi connectivity index (χ2n) is 11.6. The standard InChI is InChI=1S/C38H34N4O12S2/c1-49-29-17-23(18-30(50-2)35(29)53-5)33(43)27-22-41(55(45,46)25-13-9-7-10-14-25)37(40-27)28-21-39-38(42(28)56(47,48)26-15-11-8-12-16-26)34(44)24-19-31(51-3)36(54-6)32(20-24)52-4/h7-22H,1-6H3. The smallest absolute Gasteiger partial charge is 0.270 e. The highest BCUT2D eigenvalue weighted by molar-refractivity contribution is 7.90. The van der Waals surface area contributed by atoms with Gasteiger partial charge in [0.1, 0.15) is 11.4 Å². The highest BCUT2D eigenvalue weighted by atomic mass is 32.2. The molecule has 0 aliphatic rings. The van der Waals surface area contributed by atoms with Gasteiger partial charge in [-0.2, -0.15) is 0 Å². The van der Waals surface area contributed by atoms with Crippen LogP contribution in [0.3, 0.4) is 0 Å². The van der Waals surface area contributed by atoms with Crippen molar-refractivity contribution in [3.8, 4) is 46.0 Å². The Kier molecular flexibility index (Phi) is 10.9. The third kappa shape index (κ3) is 6.79. The van der Waals surface area contributed by atoms with E-state index >= 15 is 0 Å². The minimum atomic E-state index is -4.75. The molecule has 16 nitrogen and oxygen atoms in total. The van der Waals surface area contributed by atoms with Crippen LogP contribution in [0, 0.1) is 0 Å². The molecule has 0 N–H and O–H groups in total. The number of benzene rings is 4. The Balaban J connectivity index is 1.65. The van der Waals surface area contributed by atoms with Gasteiger partial charge in [0.2, 0.25) is 23.1 Å². The summed E-state index contributed by atoms with van der Waals surface area (Å²) in [6.07, 6.45) is 1.94. The molecule has 0 atom stereocenters. The van der Waals surface area contributed by atoms with E-state index < -0.39 is 54.6 Å². The molecule has 6 aromatic rings.